The van der Waals surface area contributed by atoms with Crippen molar-refractivity contribution in [3.63, 3.8) is 0 Å². The van der Waals surface area contributed by atoms with Gasteiger partial charge in [0.05, 0.1) is 0 Å². The Bertz CT molecular complexity index is 291. The minimum Gasteiger partial charge on any atom is -0.349 e. The largest absolute Gasteiger partial charge is 0.349 e. The van der Waals surface area contributed by atoms with Crippen LogP contribution in [0.25, 0.3) is 0 Å². The van der Waals surface area contributed by atoms with Gasteiger partial charge in [-0.15, -0.1) is 0 Å². The fraction of sp³-hybridized carbons (Fsp3) is 0.600. The standard InChI is InChI=1S/C15H24O2/c1-4-5-6-10-13-15(16-2,17-3)14-11-8-7-9-12-14/h7-9,11-12H,4-6,10,13H2,1-3H3. The number of rotatable bonds is 8. The number of unbranched alkanes of at least 4 members (excludes halogenated alkanes) is 3. The Morgan fingerprint density at radius 1 is 0.941 bits per heavy atom. The highest BCUT2D eigenvalue weighted by atomic mass is 16.7. The Morgan fingerprint density at radius 3 is 2.12 bits per heavy atom. The summed E-state index contributed by atoms with van der Waals surface area (Å²) in [6.07, 6.45) is 5.79. The van der Waals surface area contributed by atoms with Crippen molar-refractivity contribution in [2.75, 3.05) is 14.2 Å². The molecular weight excluding hydrogens is 212 g/mol. The Balaban J connectivity index is 2.68. The number of hydrogen-bond donors (Lipinski definition) is 0. The summed E-state index contributed by atoms with van der Waals surface area (Å²) < 4.78 is 11.3. The Hall–Kier alpha value is -0.860. The van der Waals surface area contributed by atoms with Crippen LogP contribution in [0.3, 0.4) is 0 Å². The van der Waals surface area contributed by atoms with Gasteiger partial charge in [0.1, 0.15) is 0 Å². The third-order valence-corrected chi connectivity index (χ3v) is 3.23. The summed E-state index contributed by atoms with van der Waals surface area (Å²) in [5.74, 6) is -0.574. The zero-order valence-electron chi connectivity index (χ0n) is 11.2. The highest BCUT2D eigenvalue weighted by molar-refractivity contribution is 5.20. The smallest absolute Gasteiger partial charge is 0.194 e. The predicted octanol–water partition coefficient (Wildman–Crippen LogP) is 4.10. The first-order valence-corrected chi connectivity index (χ1v) is 6.45. The van der Waals surface area contributed by atoms with E-state index in [0.29, 0.717) is 0 Å². The van der Waals surface area contributed by atoms with Crippen molar-refractivity contribution in [1.82, 2.24) is 0 Å². The maximum absolute atomic E-state index is 5.63. The van der Waals surface area contributed by atoms with Crippen LogP contribution in [0.2, 0.25) is 0 Å². The van der Waals surface area contributed by atoms with E-state index >= 15 is 0 Å². The second-order valence-electron chi connectivity index (χ2n) is 4.34. The van der Waals surface area contributed by atoms with Crippen LogP contribution in [0.15, 0.2) is 30.3 Å². The molecule has 0 amide bonds. The first-order valence-electron chi connectivity index (χ1n) is 6.45. The van der Waals surface area contributed by atoms with Crippen LogP contribution < -0.4 is 0 Å². The zero-order valence-corrected chi connectivity index (χ0v) is 11.2. The molecule has 0 heterocycles. The summed E-state index contributed by atoms with van der Waals surface area (Å²) in [7, 11) is 3.44. The minimum atomic E-state index is -0.574. The highest BCUT2D eigenvalue weighted by Crippen LogP contribution is 2.31. The van der Waals surface area contributed by atoms with Crippen LogP contribution in [0.5, 0.6) is 0 Å². The molecule has 1 aromatic rings. The lowest BCUT2D eigenvalue weighted by Crippen LogP contribution is -2.30. The summed E-state index contributed by atoms with van der Waals surface area (Å²) in [6, 6.07) is 10.2. The van der Waals surface area contributed by atoms with Crippen molar-refractivity contribution >= 4 is 0 Å². The molecule has 2 heteroatoms. The van der Waals surface area contributed by atoms with Crippen molar-refractivity contribution in [2.45, 2.75) is 44.8 Å². The van der Waals surface area contributed by atoms with Crippen molar-refractivity contribution in [3.8, 4) is 0 Å². The molecule has 0 saturated heterocycles. The summed E-state index contributed by atoms with van der Waals surface area (Å²) in [4.78, 5) is 0. The van der Waals surface area contributed by atoms with Gasteiger partial charge in [0, 0.05) is 26.2 Å². The van der Waals surface area contributed by atoms with Crippen molar-refractivity contribution < 1.29 is 9.47 Å². The van der Waals surface area contributed by atoms with Gasteiger partial charge in [0.2, 0.25) is 0 Å². The molecule has 0 aliphatic heterocycles. The summed E-state index contributed by atoms with van der Waals surface area (Å²) in [5, 5.41) is 0. The first-order chi connectivity index (χ1) is 8.29. The molecule has 0 unspecified atom stereocenters. The molecule has 0 fully saturated rings. The van der Waals surface area contributed by atoms with E-state index in [4.69, 9.17) is 9.47 Å². The SMILES string of the molecule is CCCCCCC(OC)(OC)c1ccccc1. The molecule has 0 aliphatic rings. The van der Waals surface area contributed by atoms with E-state index in [9.17, 15) is 0 Å². The second-order valence-corrected chi connectivity index (χ2v) is 4.34. The third kappa shape index (κ3) is 3.83. The number of ether oxygens (including phenoxy) is 2. The molecule has 2 nitrogen and oxygen atoms in total. The quantitative estimate of drug-likeness (QED) is 0.499. The highest BCUT2D eigenvalue weighted by Gasteiger charge is 2.30. The van der Waals surface area contributed by atoms with Crippen LogP contribution in [-0.2, 0) is 15.3 Å². The summed E-state index contributed by atoms with van der Waals surface area (Å²) in [6.45, 7) is 2.22. The fourth-order valence-electron chi connectivity index (χ4n) is 2.14. The van der Waals surface area contributed by atoms with E-state index in [-0.39, 0.29) is 0 Å². The van der Waals surface area contributed by atoms with Gasteiger partial charge in [-0.25, -0.2) is 0 Å². The van der Waals surface area contributed by atoms with E-state index in [1.807, 2.05) is 18.2 Å². The monoisotopic (exact) mass is 236 g/mol. The van der Waals surface area contributed by atoms with Gasteiger partial charge in [0.25, 0.3) is 0 Å². The summed E-state index contributed by atoms with van der Waals surface area (Å²) in [5.41, 5.74) is 1.10. The molecule has 0 atom stereocenters. The van der Waals surface area contributed by atoms with E-state index in [2.05, 4.69) is 19.1 Å². The molecule has 96 valence electrons. The Morgan fingerprint density at radius 2 is 1.59 bits per heavy atom. The van der Waals surface area contributed by atoms with Gasteiger partial charge in [0.15, 0.2) is 5.79 Å². The minimum absolute atomic E-state index is 0.574. The molecule has 0 spiro atoms. The molecule has 1 rings (SSSR count). The molecule has 1 aromatic carbocycles. The van der Waals surface area contributed by atoms with Gasteiger partial charge in [-0.1, -0.05) is 56.5 Å². The lowest BCUT2D eigenvalue weighted by molar-refractivity contribution is -0.221. The van der Waals surface area contributed by atoms with E-state index in [1.165, 1.54) is 19.3 Å². The van der Waals surface area contributed by atoms with Gasteiger partial charge in [-0.05, 0) is 6.42 Å². The molecule has 0 aromatic heterocycles. The Labute approximate surface area is 105 Å². The van der Waals surface area contributed by atoms with Gasteiger partial charge in [-0.3, -0.25) is 0 Å². The van der Waals surface area contributed by atoms with Gasteiger partial charge >= 0.3 is 0 Å². The Kier molecular flexibility index (Phi) is 6.23. The van der Waals surface area contributed by atoms with E-state index in [1.54, 1.807) is 14.2 Å². The van der Waals surface area contributed by atoms with Gasteiger partial charge in [-0.2, -0.15) is 0 Å². The average Bonchev–Trinajstić information content (AvgIpc) is 2.41. The number of hydrogen-bond acceptors (Lipinski definition) is 2. The molecule has 0 saturated carbocycles. The second kappa shape index (κ2) is 7.46. The fourth-order valence-corrected chi connectivity index (χ4v) is 2.14. The predicted molar refractivity (Wildman–Crippen MR) is 70.9 cm³/mol. The molecule has 0 aliphatic carbocycles. The molecule has 0 bridgehead atoms. The van der Waals surface area contributed by atoms with Crippen LogP contribution in [-0.4, -0.2) is 14.2 Å². The number of benzene rings is 1. The third-order valence-electron chi connectivity index (χ3n) is 3.23. The van der Waals surface area contributed by atoms with E-state index in [0.717, 1.165) is 18.4 Å². The van der Waals surface area contributed by atoms with Crippen molar-refractivity contribution in [2.24, 2.45) is 0 Å². The number of methoxy groups -OCH3 is 2. The summed E-state index contributed by atoms with van der Waals surface area (Å²) >= 11 is 0. The van der Waals surface area contributed by atoms with E-state index < -0.39 is 5.79 Å². The van der Waals surface area contributed by atoms with Crippen molar-refractivity contribution in [1.29, 1.82) is 0 Å². The lowest BCUT2D eigenvalue weighted by atomic mass is 9.98. The van der Waals surface area contributed by atoms with Gasteiger partial charge < -0.3 is 9.47 Å². The molecule has 17 heavy (non-hydrogen) atoms. The first kappa shape index (κ1) is 14.2. The maximum atomic E-state index is 5.63. The van der Waals surface area contributed by atoms with Crippen molar-refractivity contribution in [3.05, 3.63) is 35.9 Å². The molecule has 0 N–H and O–H groups in total. The maximum Gasteiger partial charge on any atom is 0.194 e. The van der Waals surface area contributed by atoms with Crippen LogP contribution in [0, 0.1) is 0 Å². The normalized spacial score (nSPS) is 11.7. The lowest BCUT2D eigenvalue weighted by Gasteiger charge is -2.31. The molecular formula is C15H24O2. The molecule has 0 radical (unpaired) electrons. The van der Waals surface area contributed by atoms with Crippen LogP contribution >= 0.6 is 0 Å². The topological polar surface area (TPSA) is 18.5 Å². The van der Waals surface area contributed by atoms with Crippen LogP contribution in [0.1, 0.15) is 44.6 Å². The average molecular weight is 236 g/mol. The zero-order chi connectivity index (χ0) is 12.6. The van der Waals surface area contributed by atoms with Crippen LogP contribution in [0.4, 0.5) is 0 Å².